The third-order valence-corrected chi connectivity index (χ3v) is 3.91. The molecule has 2 N–H and O–H groups in total. The van der Waals surface area contributed by atoms with E-state index in [1.54, 1.807) is 6.07 Å². The second kappa shape index (κ2) is 5.27. The smallest absolute Gasteiger partial charge is 0.130 e. The topological polar surface area (TPSA) is 29.3 Å². The van der Waals surface area contributed by atoms with E-state index < -0.39 is 0 Å². The van der Waals surface area contributed by atoms with Crippen molar-refractivity contribution in [3.8, 4) is 0 Å². The SMILES string of the molecule is CC1CCC(C)N(c2cccc(F)c2[C@@H](C)N)C1. The Morgan fingerprint density at radius 1 is 1.33 bits per heavy atom. The van der Waals surface area contributed by atoms with Gasteiger partial charge in [0.15, 0.2) is 0 Å². The first-order valence-electron chi connectivity index (χ1n) is 6.81. The number of rotatable bonds is 2. The summed E-state index contributed by atoms with van der Waals surface area (Å²) in [6, 6.07) is 5.46. The van der Waals surface area contributed by atoms with Crippen LogP contribution in [0.2, 0.25) is 0 Å². The van der Waals surface area contributed by atoms with Crippen LogP contribution in [0, 0.1) is 11.7 Å². The lowest BCUT2D eigenvalue weighted by Crippen LogP contribution is -2.42. The van der Waals surface area contributed by atoms with Gasteiger partial charge >= 0.3 is 0 Å². The van der Waals surface area contributed by atoms with Crippen LogP contribution in [0.15, 0.2) is 18.2 Å². The largest absolute Gasteiger partial charge is 0.368 e. The highest BCUT2D eigenvalue weighted by Crippen LogP contribution is 2.33. The standard InChI is InChI=1S/C15H23FN2/c1-10-7-8-11(2)18(9-10)14-6-4-5-13(16)15(14)12(3)17/h4-6,10-12H,7-9,17H2,1-3H3/t10?,11?,12-/m1/s1. The first-order chi connectivity index (χ1) is 8.50. The number of nitrogens with two attached hydrogens (primary N) is 1. The minimum absolute atomic E-state index is 0.187. The minimum atomic E-state index is -0.273. The highest BCUT2D eigenvalue weighted by molar-refractivity contribution is 5.56. The first-order valence-corrected chi connectivity index (χ1v) is 6.81. The van der Waals surface area contributed by atoms with Gasteiger partial charge in [-0.25, -0.2) is 4.39 Å². The number of hydrogen-bond donors (Lipinski definition) is 1. The van der Waals surface area contributed by atoms with E-state index in [1.165, 1.54) is 12.5 Å². The third kappa shape index (κ3) is 2.51. The van der Waals surface area contributed by atoms with E-state index in [4.69, 9.17) is 5.73 Å². The van der Waals surface area contributed by atoms with Crippen molar-refractivity contribution in [2.24, 2.45) is 11.7 Å². The second-order valence-corrected chi connectivity index (χ2v) is 5.65. The Bertz CT molecular complexity index is 417. The maximum absolute atomic E-state index is 14.0. The van der Waals surface area contributed by atoms with Gasteiger partial charge in [0.2, 0.25) is 0 Å². The monoisotopic (exact) mass is 250 g/mol. The van der Waals surface area contributed by atoms with Gasteiger partial charge in [-0.15, -0.1) is 0 Å². The summed E-state index contributed by atoms with van der Waals surface area (Å²) in [4.78, 5) is 2.32. The number of halogens is 1. The van der Waals surface area contributed by atoms with Crippen LogP contribution in [0.25, 0.3) is 0 Å². The molecule has 0 amide bonds. The van der Waals surface area contributed by atoms with Crippen molar-refractivity contribution in [2.45, 2.75) is 45.7 Å². The highest BCUT2D eigenvalue weighted by atomic mass is 19.1. The average Bonchev–Trinajstić information content (AvgIpc) is 2.31. The molecule has 100 valence electrons. The second-order valence-electron chi connectivity index (χ2n) is 5.65. The van der Waals surface area contributed by atoms with Crippen molar-refractivity contribution in [2.75, 3.05) is 11.4 Å². The lowest BCUT2D eigenvalue weighted by molar-refractivity contribution is 0.388. The van der Waals surface area contributed by atoms with Gasteiger partial charge in [-0.3, -0.25) is 0 Å². The van der Waals surface area contributed by atoms with Crippen molar-refractivity contribution >= 4 is 5.69 Å². The van der Waals surface area contributed by atoms with Crippen molar-refractivity contribution in [3.05, 3.63) is 29.6 Å². The average molecular weight is 250 g/mol. The number of benzene rings is 1. The van der Waals surface area contributed by atoms with Crippen LogP contribution in [0.1, 0.15) is 45.2 Å². The van der Waals surface area contributed by atoms with E-state index in [-0.39, 0.29) is 11.9 Å². The summed E-state index contributed by atoms with van der Waals surface area (Å²) in [6.07, 6.45) is 2.41. The van der Waals surface area contributed by atoms with Gasteiger partial charge in [-0.1, -0.05) is 13.0 Å². The summed E-state index contributed by atoms with van der Waals surface area (Å²) in [7, 11) is 0. The fourth-order valence-electron chi connectivity index (χ4n) is 2.85. The Morgan fingerprint density at radius 3 is 2.72 bits per heavy atom. The van der Waals surface area contributed by atoms with Crippen molar-refractivity contribution < 1.29 is 4.39 Å². The molecule has 18 heavy (non-hydrogen) atoms. The van der Waals surface area contributed by atoms with Crippen molar-refractivity contribution in [1.82, 2.24) is 0 Å². The molecule has 1 saturated heterocycles. The maximum Gasteiger partial charge on any atom is 0.130 e. The fourth-order valence-corrected chi connectivity index (χ4v) is 2.85. The Morgan fingerprint density at radius 2 is 2.06 bits per heavy atom. The molecule has 3 heteroatoms. The first kappa shape index (κ1) is 13.3. The van der Waals surface area contributed by atoms with Crippen molar-refractivity contribution in [1.29, 1.82) is 0 Å². The molecule has 1 fully saturated rings. The highest BCUT2D eigenvalue weighted by Gasteiger charge is 2.26. The number of nitrogens with zero attached hydrogens (tertiary/aromatic N) is 1. The Hall–Kier alpha value is -1.09. The zero-order chi connectivity index (χ0) is 13.3. The van der Waals surface area contributed by atoms with E-state index in [2.05, 4.69) is 18.7 Å². The van der Waals surface area contributed by atoms with Crippen LogP contribution in [-0.4, -0.2) is 12.6 Å². The molecular formula is C15H23FN2. The van der Waals surface area contributed by atoms with E-state index >= 15 is 0 Å². The summed E-state index contributed by atoms with van der Waals surface area (Å²) in [5, 5.41) is 0. The maximum atomic E-state index is 14.0. The van der Waals surface area contributed by atoms with Crippen LogP contribution in [-0.2, 0) is 0 Å². The quantitative estimate of drug-likeness (QED) is 0.871. The summed E-state index contributed by atoms with van der Waals surface area (Å²) < 4.78 is 14.0. The van der Waals surface area contributed by atoms with Crippen LogP contribution >= 0.6 is 0 Å². The molecule has 2 rings (SSSR count). The van der Waals surface area contributed by atoms with Gasteiger partial charge < -0.3 is 10.6 Å². The summed E-state index contributed by atoms with van der Waals surface area (Å²) >= 11 is 0. The third-order valence-electron chi connectivity index (χ3n) is 3.91. The normalized spacial score (nSPS) is 26.2. The van der Waals surface area contributed by atoms with Crippen LogP contribution in [0.3, 0.4) is 0 Å². The Labute approximate surface area is 109 Å². The van der Waals surface area contributed by atoms with Gasteiger partial charge in [0.05, 0.1) is 0 Å². The zero-order valence-electron chi connectivity index (χ0n) is 11.5. The number of anilines is 1. The summed E-state index contributed by atoms with van der Waals surface area (Å²) in [5.74, 6) is 0.471. The molecule has 0 aromatic heterocycles. The minimum Gasteiger partial charge on any atom is -0.368 e. The van der Waals surface area contributed by atoms with Gasteiger partial charge in [-0.2, -0.15) is 0 Å². The summed E-state index contributed by atoms with van der Waals surface area (Å²) in [6.45, 7) is 7.30. The Kier molecular flexibility index (Phi) is 3.91. The van der Waals surface area contributed by atoms with Crippen LogP contribution < -0.4 is 10.6 Å². The number of hydrogen-bond acceptors (Lipinski definition) is 2. The van der Waals surface area contributed by atoms with E-state index in [1.807, 2.05) is 13.0 Å². The van der Waals surface area contributed by atoms with Gasteiger partial charge in [0, 0.05) is 29.9 Å². The number of piperidine rings is 1. The van der Waals surface area contributed by atoms with Gasteiger partial charge in [-0.05, 0) is 44.7 Å². The molecule has 1 aromatic rings. The fraction of sp³-hybridized carbons (Fsp3) is 0.600. The van der Waals surface area contributed by atoms with Crippen molar-refractivity contribution in [3.63, 3.8) is 0 Å². The molecule has 0 aliphatic carbocycles. The molecule has 1 heterocycles. The molecule has 0 bridgehead atoms. The summed E-state index contributed by atoms with van der Waals surface area (Å²) in [5.41, 5.74) is 7.56. The van der Waals surface area contributed by atoms with Crippen LogP contribution in [0.4, 0.5) is 10.1 Å². The predicted octanol–water partition coefficient (Wildman–Crippen LogP) is 3.47. The lowest BCUT2D eigenvalue weighted by atomic mass is 9.93. The van der Waals surface area contributed by atoms with E-state index in [9.17, 15) is 4.39 Å². The Balaban J connectivity index is 2.40. The van der Waals surface area contributed by atoms with Gasteiger partial charge in [0.1, 0.15) is 5.82 Å². The molecule has 2 unspecified atom stereocenters. The lowest BCUT2D eigenvalue weighted by Gasteiger charge is -2.40. The molecule has 0 spiro atoms. The van der Waals surface area contributed by atoms with Gasteiger partial charge in [0.25, 0.3) is 0 Å². The molecule has 0 radical (unpaired) electrons. The molecule has 1 aliphatic rings. The van der Waals surface area contributed by atoms with Crippen LogP contribution in [0.5, 0.6) is 0 Å². The van der Waals surface area contributed by atoms with E-state index in [0.717, 1.165) is 18.7 Å². The molecular weight excluding hydrogens is 227 g/mol. The zero-order valence-corrected chi connectivity index (χ0v) is 11.5. The molecule has 3 atom stereocenters. The molecule has 0 saturated carbocycles. The molecule has 2 nitrogen and oxygen atoms in total. The molecule has 1 aromatic carbocycles. The van der Waals surface area contributed by atoms with E-state index in [0.29, 0.717) is 17.5 Å². The predicted molar refractivity (Wildman–Crippen MR) is 74.2 cm³/mol. The molecule has 1 aliphatic heterocycles.